The molecule has 1 fully saturated rings. The Morgan fingerprint density at radius 3 is 2.40 bits per heavy atom. The van der Waals surface area contributed by atoms with E-state index in [0.29, 0.717) is 46.0 Å². The summed E-state index contributed by atoms with van der Waals surface area (Å²) in [5.41, 5.74) is 2.64. The molecule has 0 amide bonds. The van der Waals surface area contributed by atoms with Gasteiger partial charge in [-0.1, -0.05) is 6.92 Å². The van der Waals surface area contributed by atoms with Crippen molar-refractivity contribution >= 4 is 17.7 Å². The predicted molar refractivity (Wildman–Crippen MR) is 128 cm³/mol. The summed E-state index contributed by atoms with van der Waals surface area (Å²) in [6.07, 6.45) is 4.02. The van der Waals surface area contributed by atoms with Gasteiger partial charge in [0.05, 0.1) is 32.8 Å². The van der Waals surface area contributed by atoms with Crippen molar-refractivity contribution in [3.05, 3.63) is 46.3 Å². The highest BCUT2D eigenvalue weighted by Crippen LogP contribution is 2.48. The van der Waals surface area contributed by atoms with Gasteiger partial charge >= 0.3 is 11.9 Å². The summed E-state index contributed by atoms with van der Waals surface area (Å²) in [5.74, 6) is -2.33. The third-order valence-electron chi connectivity index (χ3n) is 7.29. The Balaban J connectivity index is 1.88. The number of benzene rings is 1. The van der Waals surface area contributed by atoms with E-state index in [1.165, 1.54) is 14.2 Å². The van der Waals surface area contributed by atoms with Crippen molar-refractivity contribution in [3.63, 3.8) is 0 Å². The number of rotatable bonds is 6. The van der Waals surface area contributed by atoms with Gasteiger partial charge in [-0.3, -0.25) is 9.59 Å². The molecule has 1 aromatic rings. The summed E-state index contributed by atoms with van der Waals surface area (Å²) >= 11 is 0. The van der Waals surface area contributed by atoms with Gasteiger partial charge in [-0.2, -0.15) is 0 Å². The van der Waals surface area contributed by atoms with Crippen LogP contribution in [-0.2, 0) is 23.9 Å². The van der Waals surface area contributed by atoms with Crippen molar-refractivity contribution in [1.29, 1.82) is 0 Å². The largest absolute Gasteiger partial charge is 0.497 e. The summed E-state index contributed by atoms with van der Waals surface area (Å²) in [4.78, 5) is 40.1. The Morgan fingerprint density at radius 2 is 1.77 bits per heavy atom. The Morgan fingerprint density at radius 1 is 1.06 bits per heavy atom. The molecule has 0 unspecified atom stereocenters. The highest BCUT2D eigenvalue weighted by atomic mass is 16.5. The number of ether oxygens (including phenoxy) is 4. The summed E-state index contributed by atoms with van der Waals surface area (Å²) in [5, 5.41) is 3.29. The molecule has 188 valence electrons. The minimum Gasteiger partial charge on any atom is -0.497 e. The fourth-order valence-electron chi connectivity index (χ4n) is 5.55. The van der Waals surface area contributed by atoms with Crippen LogP contribution >= 0.6 is 0 Å². The first kappa shape index (κ1) is 24.8. The molecule has 1 heterocycles. The van der Waals surface area contributed by atoms with Crippen molar-refractivity contribution in [2.24, 2.45) is 11.8 Å². The SMILES string of the molecule is COC(=O)[C@@H]1C(=O)C2=C(C[C@H]1C)NC(C)=C(C(=O)OC1CCCC1)[C@H]2c1cc(OC)ccc1OC. The number of dihydropyridines is 1. The van der Waals surface area contributed by atoms with Gasteiger partial charge in [-0.25, -0.2) is 4.79 Å². The van der Waals surface area contributed by atoms with Gasteiger partial charge in [0.25, 0.3) is 0 Å². The number of carbonyl (C=O) groups is 3. The zero-order valence-corrected chi connectivity index (χ0v) is 20.9. The smallest absolute Gasteiger partial charge is 0.337 e. The third kappa shape index (κ3) is 4.54. The van der Waals surface area contributed by atoms with E-state index in [-0.39, 0.29) is 17.8 Å². The molecule has 3 aliphatic rings. The molecule has 0 radical (unpaired) electrons. The maximum absolute atomic E-state index is 13.9. The molecule has 3 atom stereocenters. The molecular weight excluding hydrogens is 450 g/mol. The number of carbonyl (C=O) groups excluding carboxylic acids is 3. The zero-order chi connectivity index (χ0) is 25.3. The lowest BCUT2D eigenvalue weighted by Crippen LogP contribution is -2.43. The van der Waals surface area contributed by atoms with E-state index in [0.717, 1.165) is 25.7 Å². The standard InChI is InChI=1S/C27H33NO7/c1-14-12-19-24(25(29)21(14)26(30)34-5)23(18-13-17(32-3)10-11-20(18)33-4)22(15(2)28-19)27(31)35-16-8-6-7-9-16/h10-11,13-14,16,21,23,28H,6-9,12H2,1-5H3/t14-,21+,23-/m1/s1. The van der Waals surface area contributed by atoms with Crippen LogP contribution in [0.25, 0.3) is 0 Å². The topological polar surface area (TPSA) is 100 Å². The molecule has 1 aliphatic heterocycles. The van der Waals surface area contributed by atoms with Crippen LogP contribution in [0.3, 0.4) is 0 Å². The number of esters is 2. The van der Waals surface area contributed by atoms with Gasteiger partial charge in [0, 0.05) is 22.5 Å². The van der Waals surface area contributed by atoms with E-state index in [1.54, 1.807) is 25.3 Å². The lowest BCUT2D eigenvalue weighted by Gasteiger charge is -2.38. The first-order chi connectivity index (χ1) is 16.8. The monoisotopic (exact) mass is 483 g/mol. The molecule has 0 bridgehead atoms. The van der Waals surface area contributed by atoms with Crippen LogP contribution < -0.4 is 14.8 Å². The molecule has 35 heavy (non-hydrogen) atoms. The van der Waals surface area contributed by atoms with Crippen molar-refractivity contribution < 1.29 is 33.3 Å². The average Bonchev–Trinajstić information content (AvgIpc) is 3.35. The van der Waals surface area contributed by atoms with Crippen LogP contribution in [0, 0.1) is 11.8 Å². The highest BCUT2D eigenvalue weighted by molar-refractivity contribution is 6.12. The highest BCUT2D eigenvalue weighted by Gasteiger charge is 2.48. The molecule has 0 saturated heterocycles. The van der Waals surface area contributed by atoms with Gasteiger partial charge < -0.3 is 24.3 Å². The number of allylic oxidation sites excluding steroid dienone is 3. The second kappa shape index (κ2) is 10.1. The minimum absolute atomic E-state index is 0.143. The Kier molecular flexibility index (Phi) is 7.19. The minimum atomic E-state index is -0.954. The first-order valence-electron chi connectivity index (χ1n) is 12.1. The predicted octanol–water partition coefficient (Wildman–Crippen LogP) is 3.80. The van der Waals surface area contributed by atoms with Gasteiger partial charge in [-0.15, -0.1) is 0 Å². The summed E-state index contributed by atoms with van der Waals surface area (Å²) in [7, 11) is 4.37. The van der Waals surface area contributed by atoms with Crippen LogP contribution in [-0.4, -0.2) is 45.2 Å². The average molecular weight is 484 g/mol. The van der Waals surface area contributed by atoms with Gasteiger partial charge in [0.1, 0.15) is 23.5 Å². The molecular formula is C27H33NO7. The Bertz CT molecular complexity index is 1100. The number of nitrogens with one attached hydrogen (secondary N) is 1. The number of Topliss-reactive ketones (excluding diaryl/α,β-unsaturated/α-hetero) is 1. The first-order valence-corrected chi connectivity index (χ1v) is 12.1. The van der Waals surface area contributed by atoms with E-state index >= 15 is 0 Å². The number of hydrogen-bond donors (Lipinski definition) is 1. The van der Waals surface area contributed by atoms with Crippen molar-refractivity contribution in [2.45, 2.75) is 58.0 Å². The molecule has 0 aromatic heterocycles. The van der Waals surface area contributed by atoms with E-state index < -0.39 is 23.8 Å². The Hall–Kier alpha value is -3.29. The molecule has 0 spiro atoms. The molecule has 8 heteroatoms. The van der Waals surface area contributed by atoms with E-state index in [2.05, 4.69) is 5.32 Å². The van der Waals surface area contributed by atoms with Gasteiger partial charge in [0.2, 0.25) is 0 Å². The van der Waals surface area contributed by atoms with Gasteiger partial charge in [0.15, 0.2) is 5.78 Å². The van der Waals surface area contributed by atoms with Crippen LogP contribution in [0.2, 0.25) is 0 Å². The van der Waals surface area contributed by atoms with Crippen molar-refractivity contribution in [3.8, 4) is 11.5 Å². The molecule has 4 rings (SSSR count). The lowest BCUT2D eigenvalue weighted by atomic mass is 9.69. The molecule has 1 N–H and O–H groups in total. The summed E-state index contributed by atoms with van der Waals surface area (Å²) in [6, 6.07) is 5.28. The maximum Gasteiger partial charge on any atom is 0.337 e. The summed E-state index contributed by atoms with van der Waals surface area (Å²) in [6.45, 7) is 3.67. The fourth-order valence-corrected chi connectivity index (χ4v) is 5.55. The molecule has 8 nitrogen and oxygen atoms in total. The van der Waals surface area contributed by atoms with Gasteiger partial charge in [-0.05, 0) is 63.1 Å². The van der Waals surface area contributed by atoms with Crippen molar-refractivity contribution in [1.82, 2.24) is 5.32 Å². The lowest BCUT2D eigenvalue weighted by molar-refractivity contribution is -0.151. The number of ketones is 1. The van der Waals surface area contributed by atoms with Crippen LogP contribution in [0.4, 0.5) is 0 Å². The second-order valence-corrected chi connectivity index (χ2v) is 9.46. The second-order valence-electron chi connectivity index (χ2n) is 9.46. The molecule has 1 aromatic carbocycles. The van der Waals surface area contributed by atoms with Crippen LogP contribution in [0.1, 0.15) is 57.4 Å². The van der Waals surface area contributed by atoms with E-state index in [4.69, 9.17) is 18.9 Å². The zero-order valence-electron chi connectivity index (χ0n) is 20.9. The Labute approximate surface area is 205 Å². The number of hydrogen-bond acceptors (Lipinski definition) is 8. The maximum atomic E-state index is 13.9. The van der Waals surface area contributed by atoms with Crippen LogP contribution in [0.15, 0.2) is 40.7 Å². The molecule has 2 aliphatic carbocycles. The fraction of sp³-hybridized carbons (Fsp3) is 0.519. The third-order valence-corrected chi connectivity index (χ3v) is 7.29. The van der Waals surface area contributed by atoms with Crippen molar-refractivity contribution in [2.75, 3.05) is 21.3 Å². The van der Waals surface area contributed by atoms with E-state index in [1.807, 2.05) is 13.8 Å². The van der Waals surface area contributed by atoms with Crippen LogP contribution in [0.5, 0.6) is 11.5 Å². The van der Waals surface area contributed by atoms with E-state index in [9.17, 15) is 14.4 Å². The summed E-state index contributed by atoms with van der Waals surface area (Å²) < 4.78 is 22.0. The molecule has 1 saturated carbocycles. The quantitative estimate of drug-likeness (QED) is 0.482. The number of methoxy groups -OCH3 is 3. The normalized spacial score (nSPS) is 24.6.